The van der Waals surface area contributed by atoms with Crippen LogP contribution in [0.5, 0.6) is 5.75 Å². The Morgan fingerprint density at radius 1 is 1.47 bits per heavy atom. The summed E-state index contributed by atoms with van der Waals surface area (Å²) in [5.41, 5.74) is 2.02. The van der Waals surface area contributed by atoms with Gasteiger partial charge in [-0.25, -0.2) is 0 Å². The molecule has 100 valence electrons. The summed E-state index contributed by atoms with van der Waals surface area (Å²) in [6.07, 6.45) is 3.86. The lowest BCUT2D eigenvalue weighted by Gasteiger charge is -2.06. The zero-order chi connectivity index (χ0) is 13.8. The van der Waals surface area contributed by atoms with Crippen LogP contribution in [0.2, 0.25) is 0 Å². The molecule has 0 saturated carbocycles. The molecule has 19 heavy (non-hydrogen) atoms. The van der Waals surface area contributed by atoms with Crippen LogP contribution in [0.4, 0.5) is 0 Å². The van der Waals surface area contributed by atoms with Crippen molar-refractivity contribution in [1.82, 2.24) is 5.32 Å². The Labute approximate surface area is 110 Å². The van der Waals surface area contributed by atoms with Gasteiger partial charge in [-0.15, -0.1) is 0 Å². The van der Waals surface area contributed by atoms with Gasteiger partial charge in [-0.1, -0.05) is 6.07 Å². The number of amides is 1. The SMILES string of the molecule is C[C@@H](NC(=O)C=Cc1ccc2c(c1)CCO2)C(=O)O. The minimum atomic E-state index is -1.06. The van der Waals surface area contributed by atoms with Crippen LogP contribution in [0.1, 0.15) is 18.1 Å². The van der Waals surface area contributed by atoms with Crippen molar-refractivity contribution >= 4 is 18.0 Å². The lowest BCUT2D eigenvalue weighted by Crippen LogP contribution is -2.37. The van der Waals surface area contributed by atoms with E-state index in [4.69, 9.17) is 9.84 Å². The first kappa shape index (κ1) is 13.1. The van der Waals surface area contributed by atoms with Crippen LogP contribution in [0.15, 0.2) is 24.3 Å². The van der Waals surface area contributed by atoms with Gasteiger partial charge >= 0.3 is 5.97 Å². The number of carbonyl (C=O) groups is 2. The van der Waals surface area contributed by atoms with Crippen molar-refractivity contribution < 1.29 is 19.4 Å². The minimum absolute atomic E-state index is 0.424. The molecule has 5 nitrogen and oxygen atoms in total. The predicted molar refractivity (Wildman–Crippen MR) is 69.9 cm³/mol. The van der Waals surface area contributed by atoms with Crippen molar-refractivity contribution in [2.75, 3.05) is 6.61 Å². The number of hydrogen-bond acceptors (Lipinski definition) is 3. The fraction of sp³-hybridized carbons (Fsp3) is 0.286. The van der Waals surface area contributed by atoms with Gasteiger partial charge in [0, 0.05) is 12.5 Å². The van der Waals surface area contributed by atoms with Crippen LogP contribution >= 0.6 is 0 Å². The summed E-state index contributed by atoms with van der Waals surface area (Å²) < 4.78 is 5.39. The molecule has 0 bridgehead atoms. The first-order valence-corrected chi connectivity index (χ1v) is 6.03. The van der Waals surface area contributed by atoms with E-state index in [2.05, 4.69) is 5.32 Å². The van der Waals surface area contributed by atoms with Gasteiger partial charge in [0.05, 0.1) is 6.61 Å². The highest BCUT2D eigenvalue weighted by molar-refractivity contribution is 5.94. The van der Waals surface area contributed by atoms with E-state index in [-0.39, 0.29) is 0 Å². The third-order valence-electron chi connectivity index (χ3n) is 2.87. The molecule has 0 radical (unpaired) electrons. The largest absolute Gasteiger partial charge is 0.493 e. The molecule has 1 heterocycles. The predicted octanol–water partition coefficient (Wildman–Crippen LogP) is 1.22. The third kappa shape index (κ3) is 3.34. The van der Waals surface area contributed by atoms with Gasteiger partial charge in [0.2, 0.25) is 5.91 Å². The van der Waals surface area contributed by atoms with E-state index < -0.39 is 17.9 Å². The highest BCUT2D eigenvalue weighted by Crippen LogP contribution is 2.26. The molecular weight excluding hydrogens is 246 g/mol. The number of ether oxygens (including phenoxy) is 1. The van der Waals surface area contributed by atoms with Crippen molar-refractivity contribution in [2.24, 2.45) is 0 Å². The molecule has 0 unspecified atom stereocenters. The summed E-state index contributed by atoms with van der Waals surface area (Å²) in [4.78, 5) is 22.1. The number of rotatable bonds is 4. The normalized spacial score (nSPS) is 14.8. The maximum absolute atomic E-state index is 11.5. The van der Waals surface area contributed by atoms with Crippen LogP contribution in [-0.2, 0) is 16.0 Å². The number of carboxylic acid groups (broad SMARTS) is 1. The van der Waals surface area contributed by atoms with Crippen molar-refractivity contribution in [3.8, 4) is 5.75 Å². The summed E-state index contributed by atoms with van der Waals surface area (Å²) in [5.74, 6) is -0.593. The molecule has 2 N–H and O–H groups in total. The molecule has 0 aliphatic carbocycles. The molecule has 0 spiro atoms. The van der Waals surface area contributed by atoms with E-state index in [9.17, 15) is 9.59 Å². The molecule has 1 amide bonds. The number of hydrogen-bond donors (Lipinski definition) is 2. The van der Waals surface area contributed by atoms with Crippen LogP contribution < -0.4 is 10.1 Å². The molecule has 0 saturated heterocycles. The standard InChI is InChI=1S/C14H15NO4/c1-9(14(17)18)15-13(16)5-3-10-2-4-12-11(8-10)6-7-19-12/h2-5,8-9H,6-7H2,1H3,(H,15,16)(H,17,18)/t9-/m1/s1. The fourth-order valence-corrected chi connectivity index (χ4v) is 1.81. The Hall–Kier alpha value is -2.30. The fourth-order valence-electron chi connectivity index (χ4n) is 1.81. The molecule has 0 fully saturated rings. The van der Waals surface area contributed by atoms with E-state index >= 15 is 0 Å². The van der Waals surface area contributed by atoms with Crippen LogP contribution in [0.25, 0.3) is 6.08 Å². The molecule has 1 aromatic carbocycles. The average molecular weight is 261 g/mol. The van der Waals surface area contributed by atoms with Crippen molar-refractivity contribution in [1.29, 1.82) is 0 Å². The number of carboxylic acids is 1. The number of nitrogens with one attached hydrogen (secondary N) is 1. The monoisotopic (exact) mass is 261 g/mol. The van der Waals surface area contributed by atoms with E-state index in [0.29, 0.717) is 6.61 Å². The van der Waals surface area contributed by atoms with Crippen LogP contribution in [0, 0.1) is 0 Å². The Bertz CT molecular complexity index is 536. The second-order valence-corrected chi connectivity index (χ2v) is 4.37. The molecular formula is C14H15NO4. The number of fused-ring (bicyclic) bond motifs is 1. The van der Waals surface area contributed by atoms with E-state index in [1.807, 2.05) is 18.2 Å². The summed E-state index contributed by atoms with van der Waals surface area (Å²) in [7, 11) is 0. The van der Waals surface area contributed by atoms with Gasteiger partial charge in [-0.2, -0.15) is 0 Å². The molecule has 5 heteroatoms. The van der Waals surface area contributed by atoms with Crippen LogP contribution in [-0.4, -0.2) is 29.6 Å². The Kier molecular flexibility index (Phi) is 3.85. The van der Waals surface area contributed by atoms with E-state index in [1.54, 1.807) is 6.08 Å². The maximum Gasteiger partial charge on any atom is 0.325 e. The Balaban J connectivity index is 1.98. The molecule has 1 aliphatic heterocycles. The highest BCUT2D eigenvalue weighted by atomic mass is 16.5. The van der Waals surface area contributed by atoms with Gasteiger partial charge in [0.15, 0.2) is 0 Å². The van der Waals surface area contributed by atoms with Crippen molar-refractivity contribution in [2.45, 2.75) is 19.4 Å². The summed E-state index contributed by atoms with van der Waals surface area (Å²) in [6.45, 7) is 2.11. The number of aliphatic carboxylic acids is 1. The summed E-state index contributed by atoms with van der Waals surface area (Å²) in [6, 6.07) is 4.80. The molecule has 1 aliphatic rings. The third-order valence-corrected chi connectivity index (χ3v) is 2.87. The lowest BCUT2D eigenvalue weighted by molar-refractivity contribution is -0.140. The van der Waals surface area contributed by atoms with Crippen molar-refractivity contribution in [3.05, 3.63) is 35.4 Å². The van der Waals surface area contributed by atoms with Gasteiger partial charge in [-0.3, -0.25) is 9.59 Å². The second kappa shape index (κ2) is 5.56. The van der Waals surface area contributed by atoms with Gasteiger partial charge < -0.3 is 15.2 Å². The van der Waals surface area contributed by atoms with Crippen LogP contribution in [0.3, 0.4) is 0 Å². The van der Waals surface area contributed by atoms with Gasteiger partial charge in [0.25, 0.3) is 0 Å². The Morgan fingerprint density at radius 3 is 3.00 bits per heavy atom. The summed E-state index contributed by atoms with van der Waals surface area (Å²) >= 11 is 0. The van der Waals surface area contributed by atoms with E-state index in [1.165, 1.54) is 13.0 Å². The second-order valence-electron chi connectivity index (χ2n) is 4.37. The molecule has 0 aromatic heterocycles. The van der Waals surface area contributed by atoms with E-state index in [0.717, 1.165) is 23.3 Å². The first-order valence-electron chi connectivity index (χ1n) is 6.03. The molecule has 1 aromatic rings. The van der Waals surface area contributed by atoms with Gasteiger partial charge in [0.1, 0.15) is 11.8 Å². The van der Waals surface area contributed by atoms with Gasteiger partial charge in [-0.05, 0) is 36.3 Å². The highest BCUT2D eigenvalue weighted by Gasteiger charge is 2.13. The lowest BCUT2D eigenvalue weighted by atomic mass is 10.1. The molecule has 1 atom stereocenters. The zero-order valence-electron chi connectivity index (χ0n) is 10.6. The number of carbonyl (C=O) groups excluding carboxylic acids is 1. The van der Waals surface area contributed by atoms with Crippen molar-refractivity contribution in [3.63, 3.8) is 0 Å². The summed E-state index contributed by atoms with van der Waals surface area (Å²) in [5, 5.41) is 11.0. The topological polar surface area (TPSA) is 75.6 Å². The quantitative estimate of drug-likeness (QED) is 0.799. The zero-order valence-corrected chi connectivity index (χ0v) is 10.6. The Morgan fingerprint density at radius 2 is 2.26 bits per heavy atom. The first-order chi connectivity index (χ1) is 9.06. The number of benzene rings is 1. The minimum Gasteiger partial charge on any atom is -0.493 e. The average Bonchev–Trinajstić information content (AvgIpc) is 2.83. The molecule has 2 rings (SSSR count). The smallest absolute Gasteiger partial charge is 0.325 e. The maximum atomic E-state index is 11.5.